The lowest BCUT2D eigenvalue weighted by molar-refractivity contribution is 0.0599. The Labute approximate surface area is 87.8 Å². The van der Waals surface area contributed by atoms with Crippen LogP contribution in [-0.2, 0) is 11.2 Å². The fourth-order valence-corrected chi connectivity index (χ4v) is 1.39. The van der Waals surface area contributed by atoms with Crippen molar-refractivity contribution in [1.29, 1.82) is 0 Å². The second-order valence-corrected chi connectivity index (χ2v) is 3.28. The molecule has 4 heteroatoms. The minimum Gasteiger partial charge on any atom is -0.465 e. The maximum absolute atomic E-state index is 11.3. The maximum Gasteiger partial charge on any atom is 0.338 e. The van der Waals surface area contributed by atoms with Crippen molar-refractivity contribution in [3.63, 3.8) is 0 Å². The van der Waals surface area contributed by atoms with Crippen molar-refractivity contribution in [3.05, 3.63) is 28.3 Å². The summed E-state index contributed by atoms with van der Waals surface area (Å²) in [5, 5.41) is 0.377. The number of hydrogen-bond acceptors (Lipinski definition) is 3. The molecular weight excluding hydrogens is 202 g/mol. The van der Waals surface area contributed by atoms with E-state index in [-0.39, 0.29) is 5.97 Å². The number of hydrogen-bond donors (Lipinski definition) is 1. The summed E-state index contributed by atoms with van der Waals surface area (Å²) in [6.45, 7) is 1.94. The molecule has 0 heterocycles. The number of rotatable bonds is 2. The Morgan fingerprint density at radius 2 is 2.21 bits per heavy atom. The van der Waals surface area contributed by atoms with Gasteiger partial charge in [0.1, 0.15) is 0 Å². The van der Waals surface area contributed by atoms with E-state index in [1.165, 1.54) is 7.11 Å². The average Bonchev–Trinajstić information content (AvgIpc) is 2.20. The molecular formula is C10H12ClNO2. The standard InChI is InChI=1S/C10H12ClNO2/c1-3-6-4-9(12)8(11)5-7(6)10(13)14-2/h4-5H,3,12H2,1-2H3. The Morgan fingerprint density at radius 3 is 2.71 bits per heavy atom. The highest BCUT2D eigenvalue weighted by atomic mass is 35.5. The lowest BCUT2D eigenvalue weighted by Gasteiger charge is -2.08. The van der Waals surface area contributed by atoms with Crippen LogP contribution in [0.2, 0.25) is 5.02 Å². The van der Waals surface area contributed by atoms with Gasteiger partial charge in [0.05, 0.1) is 23.4 Å². The Hall–Kier alpha value is -1.22. The Bertz CT molecular complexity index is 363. The number of nitrogens with two attached hydrogens (primary N) is 1. The second-order valence-electron chi connectivity index (χ2n) is 2.88. The van der Waals surface area contributed by atoms with Crippen LogP contribution in [0.15, 0.2) is 12.1 Å². The first-order chi connectivity index (χ1) is 6.60. The smallest absolute Gasteiger partial charge is 0.338 e. The van der Waals surface area contributed by atoms with E-state index in [0.717, 1.165) is 5.56 Å². The molecule has 0 amide bonds. The Morgan fingerprint density at radius 1 is 1.57 bits per heavy atom. The normalized spacial score (nSPS) is 9.93. The minimum absolute atomic E-state index is 0.377. The van der Waals surface area contributed by atoms with E-state index in [9.17, 15) is 4.79 Å². The molecule has 2 N–H and O–H groups in total. The average molecular weight is 214 g/mol. The second kappa shape index (κ2) is 4.33. The van der Waals surface area contributed by atoms with Crippen LogP contribution in [0.25, 0.3) is 0 Å². The highest BCUT2D eigenvalue weighted by molar-refractivity contribution is 6.33. The summed E-state index contributed by atoms with van der Waals surface area (Å²) in [7, 11) is 1.34. The summed E-state index contributed by atoms with van der Waals surface area (Å²) < 4.78 is 4.64. The first-order valence-corrected chi connectivity index (χ1v) is 4.64. The lowest BCUT2D eigenvalue weighted by Crippen LogP contribution is -2.06. The molecule has 0 fully saturated rings. The maximum atomic E-state index is 11.3. The first kappa shape index (κ1) is 10.9. The van der Waals surface area contributed by atoms with Crippen molar-refractivity contribution in [2.75, 3.05) is 12.8 Å². The van der Waals surface area contributed by atoms with E-state index in [1.807, 2.05) is 6.92 Å². The molecule has 0 unspecified atom stereocenters. The van der Waals surface area contributed by atoms with Crippen molar-refractivity contribution >= 4 is 23.3 Å². The van der Waals surface area contributed by atoms with Gasteiger partial charge in [-0.2, -0.15) is 0 Å². The molecule has 0 saturated carbocycles. The number of halogens is 1. The van der Waals surface area contributed by atoms with Gasteiger partial charge in [-0.25, -0.2) is 4.79 Å². The van der Waals surface area contributed by atoms with Crippen LogP contribution in [-0.4, -0.2) is 13.1 Å². The zero-order chi connectivity index (χ0) is 10.7. The molecule has 14 heavy (non-hydrogen) atoms. The number of carbonyl (C=O) groups is 1. The van der Waals surface area contributed by atoms with Crippen molar-refractivity contribution in [1.82, 2.24) is 0 Å². The van der Waals surface area contributed by atoms with Crippen LogP contribution in [0.5, 0.6) is 0 Å². The van der Waals surface area contributed by atoms with Gasteiger partial charge in [0.25, 0.3) is 0 Å². The summed E-state index contributed by atoms with van der Waals surface area (Å²) >= 11 is 5.81. The molecule has 0 saturated heterocycles. The zero-order valence-corrected chi connectivity index (χ0v) is 8.89. The number of esters is 1. The van der Waals surface area contributed by atoms with Crippen molar-refractivity contribution in [3.8, 4) is 0 Å². The third-order valence-electron chi connectivity index (χ3n) is 2.01. The van der Waals surface area contributed by atoms with Crippen LogP contribution in [0.4, 0.5) is 5.69 Å². The summed E-state index contributed by atoms with van der Waals surface area (Å²) in [6, 6.07) is 3.25. The lowest BCUT2D eigenvalue weighted by atomic mass is 10.0. The van der Waals surface area contributed by atoms with Gasteiger partial charge in [-0.1, -0.05) is 18.5 Å². The van der Waals surface area contributed by atoms with Gasteiger partial charge < -0.3 is 10.5 Å². The first-order valence-electron chi connectivity index (χ1n) is 4.26. The molecule has 0 aliphatic carbocycles. The fourth-order valence-electron chi connectivity index (χ4n) is 1.23. The van der Waals surface area contributed by atoms with Crippen LogP contribution in [0.3, 0.4) is 0 Å². The number of carbonyl (C=O) groups excluding carboxylic acids is 1. The minimum atomic E-state index is -0.385. The molecule has 0 aromatic heterocycles. The van der Waals surface area contributed by atoms with Gasteiger partial charge in [0.15, 0.2) is 0 Å². The van der Waals surface area contributed by atoms with Crippen LogP contribution in [0, 0.1) is 0 Å². The van der Waals surface area contributed by atoms with Gasteiger partial charge >= 0.3 is 5.97 Å². The van der Waals surface area contributed by atoms with Crippen molar-refractivity contribution in [2.24, 2.45) is 0 Å². The zero-order valence-electron chi connectivity index (χ0n) is 8.13. The molecule has 0 radical (unpaired) electrons. The quantitative estimate of drug-likeness (QED) is 0.606. The van der Waals surface area contributed by atoms with E-state index in [4.69, 9.17) is 17.3 Å². The summed E-state index contributed by atoms with van der Waals surface area (Å²) in [5.41, 5.74) is 7.43. The highest BCUT2D eigenvalue weighted by Crippen LogP contribution is 2.24. The third-order valence-corrected chi connectivity index (χ3v) is 2.34. The summed E-state index contributed by atoms with van der Waals surface area (Å²) in [4.78, 5) is 11.3. The van der Waals surface area contributed by atoms with Crippen molar-refractivity contribution in [2.45, 2.75) is 13.3 Å². The SMILES string of the molecule is CCc1cc(N)c(Cl)cc1C(=O)OC. The molecule has 0 aliphatic heterocycles. The van der Waals surface area contributed by atoms with Gasteiger partial charge in [-0.05, 0) is 24.1 Å². The molecule has 3 nitrogen and oxygen atoms in total. The summed E-state index contributed by atoms with van der Waals surface area (Å²) in [6.07, 6.45) is 0.714. The molecule has 0 spiro atoms. The number of anilines is 1. The van der Waals surface area contributed by atoms with Crippen molar-refractivity contribution < 1.29 is 9.53 Å². The van der Waals surface area contributed by atoms with Crippen LogP contribution in [0.1, 0.15) is 22.8 Å². The van der Waals surface area contributed by atoms with Gasteiger partial charge in [0, 0.05) is 0 Å². The largest absolute Gasteiger partial charge is 0.465 e. The predicted octanol–water partition coefficient (Wildman–Crippen LogP) is 2.27. The Balaban J connectivity index is 3.27. The molecule has 1 aromatic carbocycles. The summed E-state index contributed by atoms with van der Waals surface area (Å²) in [5.74, 6) is -0.385. The number of benzene rings is 1. The predicted molar refractivity (Wildman–Crippen MR) is 56.6 cm³/mol. The number of methoxy groups -OCH3 is 1. The highest BCUT2D eigenvalue weighted by Gasteiger charge is 2.12. The van der Waals surface area contributed by atoms with E-state index >= 15 is 0 Å². The van der Waals surface area contributed by atoms with Gasteiger partial charge in [-0.15, -0.1) is 0 Å². The molecule has 1 rings (SSSR count). The Kier molecular flexibility index (Phi) is 3.36. The number of nitrogen functional groups attached to an aromatic ring is 1. The molecule has 76 valence electrons. The van der Waals surface area contributed by atoms with Gasteiger partial charge in [0.2, 0.25) is 0 Å². The van der Waals surface area contributed by atoms with Crippen LogP contribution < -0.4 is 5.73 Å². The monoisotopic (exact) mass is 213 g/mol. The number of aryl methyl sites for hydroxylation is 1. The molecule has 0 bridgehead atoms. The van der Waals surface area contributed by atoms with E-state index in [0.29, 0.717) is 22.7 Å². The molecule has 0 atom stereocenters. The number of ether oxygens (including phenoxy) is 1. The molecule has 1 aromatic rings. The van der Waals surface area contributed by atoms with E-state index in [1.54, 1.807) is 12.1 Å². The fraction of sp³-hybridized carbons (Fsp3) is 0.300. The third kappa shape index (κ3) is 1.99. The van der Waals surface area contributed by atoms with E-state index in [2.05, 4.69) is 4.74 Å². The topological polar surface area (TPSA) is 52.3 Å². The van der Waals surface area contributed by atoms with Crippen LogP contribution >= 0.6 is 11.6 Å². The van der Waals surface area contributed by atoms with Gasteiger partial charge in [-0.3, -0.25) is 0 Å². The molecule has 0 aliphatic rings. The van der Waals surface area contributed by atoms with E-state index < -0.39 is 0 Å².